The van der Waals surface area contributed by atoms with Crippen molar-refractivity contribution in [3.63, 3.8) is 0 Å². The molecule has 126 valence electrons. The largest absolute Gasteiger partial charge is 0.508 e. The van der Waals surface area contributed by atoms with Crippen molar-refractivity contribution in [3.05, 3.63) is 59.7 Å². The lowest BCUT2D eigenvalue weighted by Crippen LogP contribution is -2.21. The van der Waals surface area contributed by atoms with E-state index >= 15 is 0 Å². The molecule has 2 rings (SSSR count). The van der Waals surface area contributed by atoms with Gasteiger partial charge in [-0.25, -0.2) is 4.79 Å². The molecular weight excluding hydrogens is 327 g/mol. The number of phenolic OH excluding ortho intramolecular Hbond substituents is 1. The third kappa shape index (κ3) is 4.73. The summed E-state index contributed by atoms with van der Waals surface area (Å²) in [6, 6.07) is 9.29. The van der Waals surface area contributed by atoms with Crippen LogP contribution in [0.5, 0.6) is 5.75 Å². The maximum absolute atomic E-state index is 12.6. The summed E-state index contributed by atoms with van der Waals surface area (Å²) in [5.41, 5.74) is -0.916. The van der Waals surface area contributed by atoms with Gasteiger partial charge in [-0.05, 0) is 42.5 Å². The van der Waals surface area contributed by atoms with Crippen molar-refractivity contribution >= 4 is 17.6 Å². The Morgan fingerprint density at radius 2 is 1.75 bits per heavy atom. The number of aromatic hydroxyl groups is 1. The van der Waals surface area contributed by atoms with Crippen LogP contribution in [-0.2, 0) is 15.7 Å². The molecule has 0 aromatic heterocycles. The zero-order valence-electron chi connectivity index (χ0n) is 12.1. The van der Waals surface area contributed by atoms with E-state index in [-0.39, 0.29) is 11.3 Å². The van der Waals surface area contributed by atoms with E-state index < -0.39 is 30.2 Å². The van der Waals surface area contributed by atoms with Crippen LogP contribution in [0.4, 0.5) is 18.9 Å². The summed E-state index contributed by atoms with van der Waals surface area (Å²) in [6.45, 7) is -0.657. The van der Waals surface area contributed by atoms with E-state index in [0.717, 1.165) is 18.2 Å². The topological polar surface area (TPSA) is 75.6 Å². The van der Waals surface area contributed by atoms with Crippen LogP contribution in [0.2, 0.25) is 0 Å². The molecule has 1 amide bonds. The molecule has 0 saturated heterocycles. The van der Waals surface area contributed by atoms with Gasteiger partial charge in [-0.2, -0.15) is 13.2 Å². The van der Waals surface area contributed by atoms with Gasteiger partial charge in [-0.15, -0.1) is 0 Å². The number of alkyl halides is 3. The highest BCUT2D eigenvalue weighted by atomic mass is 19.4. The van der Waals surface area contributed by atoms with Crippen LogP contribution in [0, 0.1) is 0 Å². The fraction of sp³-hybridized carbons (Fsp3) is 0.125. The summed E-state index contributed by atoms with van der Waals surface area (Å²) in [7, 11) is 0. The zero-order valence-corrected chi connectivity index (χ0v) is 12.1. The number of ether oxygens (including phenoxy) is 1. The normalized spacial score (nSPS) is 11.0. The minimum atomic E-state index is -4.58. The van der Waals surface area contributed by atoms with Crippen molar-refractivity contribution in [1.29, 1.82) is 0 Å². The molecule has 0 fully saturated rings. The number of esters is 1. The number of carbonyl (C=O) groups excluding carboxylic acids is 2. The van der Waals surface area contributed by atoms with Gasteiger partial charge < -0.3 is 15.2 Å². The van der Waals surface area contributed by atoms with Crippen molar-refractivity contribution in [2.45, 2.75) is 6.18 Å². The van der Waals surface area contributed by atoms with E-state index in [9.17, 15) is 22.8 Å². The Morgan fingerprint density at radius 1 is 1.08 bits per heavy atom. The molecule has 0 unspecified atom stereocenters. The van der Waals surface area contributed by atoms with Gasteiger partial charge in [-0.1, -0.05) is 6.07 Å². The Kier molecular flexibility index (Phi) is 5.08. The van der Waals surface area contributed by atoms with Crippen molar-refractivity contribution < 1.29 is 32.6 Å². The van der Waals surface area contributed by atoms with Crippen LogP contribution in [0.15, 0.2) is 48.5 Å². The first-order chi connectivity index (χ1) is 11.3. The van der Waals surface area contributed by atoms with Crippen LogP contribution < -0.4 is 5.32 Å². The Balaban J connectivity index is 1.93. The number of carbonyl (C=O) groups is 2. The fourth-order valence-electron chi connectivity index (χ4n) is 1.78. The fourth-order valence-corrected chi connectivity index (χ4v) is 1.78. The summed E-state index contributed by atoms with van der Waals surface area (Å²) in [6.07, 6.45) is -4.58. The number of hydrogen-bond donors (Lipinski definition) is 2. The SMILES string of the molecule is O=C(COC(=O)c1cccc(C(F)(F)F)c1)Nc1ccc(O)cc1. The molecule has 0 saturated carbocycles. The van der Waals surface area contributed by atoms with Crippen LogP contribution in [0.1, 0.15) is 15.9 Å². The highest BCUT2D eigenvalue weighted by molar-refractivity contribution is 5.95. The van der Waals surface area contributed by atoms with E-state index in [1.807, 2.05) is 0 Å². The van der Waals surface area contributed by atoms with Crippen LogP contribution in [0.25, 0.3) is 0 Å². The molecule has 0 atom stereocenters. The first kappa shape index (κ1) is 17.3. The molecule has 0 aliphatic rings. The average molecular weight is 339 g/mol. The highest BCUT2D eigenvalue weighted by Crippen LogP contribution is 2.29. The third-order valence-corrected chi connectivity index (χ3v) is 2.91. The maximum Gasteiger partial charge on any atom is 0.416 e. The van der Waals surface area contributed by atoms with Gasteiger partial charge in [0, 0.05) is 5.69 Å². The van der Waals surface area contributed by atoms with Crippen LogP contribution >= 0.6 is 0 Å². The third-order valence-electron chi connectivity index (χ3n) is 2.91. The number of anilines is 1. The highest BCUT2D eigenvalue weighted by Gasteiger charge is 2.31. The van der Waals surface area contributed by atoms with E-state index in [2.05, 4.69) is 10.1 Å². The molecule has 5 nitrogen and oxygen atoms in total. The van der Waals surface area contributed by atoms with Crippen molar-refractivity contribution in [1.82, 2.24) is 0 Å². The van der Waals surface area contributed by atoms with Crippen LogP contribution in [0.3, 0.4) is 0 Å². The van der Waals surface area contributed by atoms with Crippen molar-refractivity contribution in [2.75, 3.05) is 11.9 Å². The molecule has 2 N–H and O–H groups in total. The number of rotatable bonds is 4. The number of amides is 1. The molecule has 2 aromatic rings. The number of hydrogen-bond acceptors (Lipinski definition) is 4. The van der Waals surface area contributed by atoms with Gasteiger partial charge in [0.15, 0.2) is 6.61 Å². The quantitative estimate of drug-likeness (QED) is 0.662. The first-order valence-corrected chi connectivity index (χ1v) is 6.69. The zero-order chi connectivity index (χ0) is 17.7. The second-order valence-corrected chi connectivity index (χ2v) is 4.75. The molecule has 0 heterocycles. The van der Waals surface area contributed by atoms with E-state index in [1.165, 1.54) is 24.3 Å². The van der Waals surface area contributed by atoms with Gasteiger partial charge in [0.1, 0.15) is 5.75 Å². The number of halogens is 3. The summed E-state index contributed by atoms with van der Waals surface area (Å²) in [4.78, 5) is 23.4. The first-order valence-electron chi connectivity index (χ1n) is 6.69. The molecule has 24 heavy (non-hydrogen) atoms. The smallest absolute Gasteiger partial charge is 0.416 e. The lowest BCUT2D eigenvalue weighted by atomic mass is 10.1. The van der Waals surface area contributed by atoms with Gasteiger partial charge in [0.2, 0.25) is 0 Å². The number of nitrogens with one attached hydrogen (secondary N) is 1. The summed E-state index contributed by atoms with van der Waals surface area (Å²) in [5, 5.41) is 11.5. The predicted octanol–water partition coefficient (Wildman–Crippen LogP) is 3.21. The van der Waals surface area contributed by atoms with E-state index in [1.54, 1.807) is 0 Å². The molecule has 0 aliphatic carbocycles. The van der Waals surface area contributed by atoms with Gasteiger partial charge >= 0.3 is 12.1 Å². The van der Waals surface area contributed by atoms with Gasteiger partial charge in [-0.3, -0.25) is 4.79 Å². The predicted molar refractivity (Wildman–Crippen MR) is 78.5 cm³/mol. The van der Waals surface area contributed by atoms with Crippen molar-refractivity contribution in [2.24, 2.45) is 0 Å². The summed E-state index contributed by atoms with van der Waals surface area (Å²) in [5.74, 6) is -1.69. The second kappa shape index (κ2) is 7.03. The molecule has 2 aromatic carbocycles. The molecule has 0 aliphatic heterocycles. The molecule has 0 bridgehead atoms. The number of benzene rings is 2. The monoisotopic (exact) mass is 339 g/mol. The Bertz CT molecular complexity index is 742. The molecule has 8 heteroatoms. The Morgan fingerprint density at radius 3 is 2.38 bits per heavy atom. The maximum atomic E-state index is 12.6. The number of phenols is 1. The van der Waals surface area contributed by atoms with E-state index in [4.69, 9.17) is 5.11 Å². The van der Waals surface area contributed by atoms with Gasteiger partial charge in [0.25, 0.3) is 5.91 Å². The van der Waals surface area contributed by atoms with Crippen molar-refractivity contribution in [3.8, 4) is 5.75 Å². The minimum Gasteiger partial charge on any atom is -0.508 e. The Hall–Kier alpha value is -3.03. The molecule has 0 radical (unpaired) electrons. The van der Waals surface area contributed by atoms with Crippen LogP contribution in [-0.4, -0.2) is 23.6 Å². The Labute approximate surface area is 134 Å². The van der Waals surface area contributed by atoms with E-state index in [0.29, 0.717) is 11.8 Å². The average Bonchev–Trinajstić information content (AvgIpc) is 2.54. The van der Waals surface area contributed by atoms with Gasteiger partial charge in [0.05, 0.1) is 11.1 Å². The summed E-state index contributed by atoms with van der Waals surface area (Å²) < 4.78 is 42.4. The minimum absolute atomic E-state index is 0.0176. The second-order valence-electron chi connectivity index (χ2n) is 4.75. The lowest BCUT2D eigenvalue weighted by molar-refractivity contribution is -0.137. The lowest BCUT2D eigenvalue weighted by Gasteiger charge is -2.09. The molecular formula is C16H12F3NO4. The molecule has 0 spiro atoms. The summed E-state index contributed by atoms with van der Waals surface area (Å²) >= 11 is 0. The standard InChI is InChI=1S/C16H12F3NO4/c17-16(18,19)11-3-1-2-10(8-11)15(23)24-9-14(22)20-12-4-6-13(21)7-5-12/h1-8,21H,9H2,(H,20,22).